The Hall–Kier alpha value is -2.07. The highest BCUT2D eigenvalue weighted by atomic mass is 16.6. The lowest BCUT2D eigenvalue weighted by molar-refractivity contribution is -0.186. The number of aliphatic hydroxyl groups is 1. The third-order valence-electron chi connectivity index (χ3n) is 16.9. The Kier molecular flexibility index (Phi) is 7.62. The number of likely N-dealkylation sites (tertiary alicyclic amines) is 2. The van der Waals surface area contributed by atoms with E-state index in [1.165, 1.54) is 17.7 Å². The fourth-order valence-corrected chi connectivity index (χ4v) is 14.0. The van der Waals surface area contributed by atoms with Gasteiger partial charge in [0.25, 0.3) is 0 Å². The van der Waals surface area contributed by atoms with Gasteiger partial charge in [-0.3, -0.25) is 4.79 Å². The predicted molar refractivity (Wildman–Crippen MR) is 180 cm³/mol. The van der Waals surface area contributed by atoms with Crippen molar-refractivity contribution in [2.75, 3.05) is 26.2 Å². The van der Waals surface area contributed by atoms with Gasteiger partial charge in [0, 0.05) is 37.0 Å². The summed E-state index contributed by atoms with van der Waals surface area (Å²) in [7, 11) is 0. The number of ether oxygens (including phenoxy) is 3. The summed E-state index contributed by atoms with van der Waals surface area (Å²) in [5, 5.41) is 21.9. The van der Waals surface area contributed by atoms with Crippen molar-refractivity contribution in [3.05, 3.63) is 0 Å². The number of hydrogen-bond acceptors (Lipinski definition) is 7. The zero-order valence-electron chi connectivity index (χ0n) is 30.8. The molecule has 4 unspecified atom stereocenters. The summed E-state index contributed by atoms with van der Waals surface area (Å²) in [6.45, 7) is 18.0. The number of carboxylic acid groups (broad SMARTS) is 1. The summed E-state index contributed by atoms with van der Waals surface area (Å²) < 4.78 is 19.3. The van der Waals surface area contributed by atoms with Crippen LogP contribution < -0.4 is 0 Å². The van der Waals surface area contributed by atoms with Crippen molar-refractivity contribution in [1.29, 1.82) is 0 Å². The third kappa shape index (κ3) is 4.40. The van der Waals surface area contributed by atoms with Gasteiger partial charge in [0.2, 0.25) is 0 Å². The molecule has 8 rings (SSSR count). The number of carbonyl (C=O) groups is 3. The maximum atomic E-state index is 13.1. The Labute approximate surface area is 291 Å². The highest BCUT2D eigenvalue weighted by Crippen LogP contribution is 2.89. The van der Waals surface area contributed by atoms with Crippen molar-refractivity contribution in [3.8, 4) is 0 Å². The van der Waals surface area contributed by atoms with Crippen LogP contribution in [0.25, 0.3) is 0 Å². The summed E-state index contributed by atoms with van der Waals surface area (Å²) in [6, 6.07) is 0. The largest absolute Gasteiger partial charge is 0.481 e. The number of carbonyl (C=O) groups excluding carboxylic acids is 2. The molecular formula is C39H60N2O8. The lowest BCUT2D eigenvalue weighted by atomic mass is 9.41. The molecule has 2 spiro atoms. The zero-order valence-corrected chi connectivity index (χ0v) is 30.8. The van der Waals surface area contributed by atoms with E-state index < -0.39 is 18.0 Å². The van der Waals surface area contributed by atoms with Gasteiger partial charge in [-0.1, -0.05) is 48.5 Å². The van der Waals surface area contributed by atoms with Gasteiger partial charge in [-0.05, 0) is 104 Å². The molecule has 13 atom stereocenters. The van der Waals surface area contributed by atoms with E-state index in [9.17, 15) is 24.6 Å². The summed E-state index contributed by atoms with van der Waals surface area (Å²) >= 11 is 0. The van der Waals surface area contributed by atoms with Crippen LogP contribution in [-0.2, 0) is 19.0 Å². The number of fused-ring (bicyclic) bond motifs is 4. The number of nitrogens with zero attached hydrogens (tertiary/aromatic N) is 2. The third-order valence-corrected chi connectivity index (χ3v) is 16.9. The van der Waals surface area contributed by atoms with Crippen LogP contribution in [-0.4, -0.2) is 94.9 Å². The van der Waals surface area contributed by atoms with Crippen molar-refractivity contribution < 1.29 is 38.8 Å². The summed E-state index contributed by atoms with van der Waals surface area (Å²) in [6.07, 6.45) is 7.09. The number of carboxylic acids is 1. The maximum absolute atomic E-state index is 13.1. The van der Waals surface area contributed by atoms with Crippen LogP contribution in [0.5, 0.6) is 0 Å². The van der Waals surface area contributed by atoms with Crippen LogP contribution in [0, 0.1) is 62.6 Å². The Morgan fingerprint density at radius 1 is 0.898 bits per heavy atom. The minimum Gasteiger partial charge on any atom is -0.481 e. The van der Waals surface area contributed by atoms with Crippen molar-refractivity contribution in [2.45, 2.75) is 137 Å². The number of rotatable bonds is 5. The number of amides is 2. The monoisotopic (exact) mass is 684 g/mol. The first kappa shape index (κ1) is 34.0. The van der Waals surface area contributed by atoms with Gasteiger partial charge < -0.3 is 34.2 Å². The van der Waals surface area contributed by atoms with Gasteiger partial charge in [0.15, 0.2) is 0 Å². The fourth-order valence-electron chi connectivity index (χ4n) is 14.0. The number of aliphatic carboxylic acids is 1. The lowest BCUT2D eigenvalue weighted by Crippen LogP contribution is -2.60. The van der Waals surface area contributed by atoms with Crippen LogP contribution in [0.1, 0.15) is 106 Å². The van der Waals surface area contributed by atoms with Crippen LogP contribution in [0.4, 0.5) is 9.59 Å². The van der Waals surface area contributed by atoms with Crippen LogP contribution in [0.15, 0.2) is 0 Å². The van der Waals surface area contributed by atoms with Crippen LogP contribution in [0.3, 0.4) is 0 Å². The van der Waals surface area contributed by atoms with Crippen molar-refractivity contribution in [1.82, 2.24) is 9.80 Å². The molecule has 3 heterocycles. The van der Waals surface area contributed by atoms with E-state index in [-0.39, 0.29) is 88.6 Å². The average Bonchev–Trinajstić information content (AvgIpc) is 3.60. The lowest BCUT2D eigenvalue weighted by Gasteiger charge is -2.63. The Bertz CT molecular complexity index is 1390. The van der Waals surface area contributed by atoms with Gasteiger partial charge in [-0.15, -0.1) is 0 Å². The highest BCUT2D eigenvalue weighted by molar-refractivity contribution is 5.76. The Balaban J connectivity index is 1.01. The molecule has 10 nitrogen and oxygen atoms in total. The standard InChI is InChI=1S/C39H60N2O8/c1-21(2)29(49-33(45)40-15-8-16-40)24-17-22(3)28-30(47-24)31(42)37(7)26-10-9-25-35(4,5)27(48-34(46)41-18-23(19-41)32(43)44)11-12-38(25)20-39(26,38)14-13-36(28,37)6/h21-31,42H,8-20H2,1-7H3,(H,43,44)/t22-,24?,25+,26?,27?,28+,29-,30?,31+,36-,37-,38-,39+/m1/s1. The number of aliphatic hydroxyl groups excluding tert-OH is 1. The van der Waals surface area contributed by atoms with Gasteiger partial charge in [-0.2, -0.15) is 0 Å². The molecule has 0 bridgehead atoms. The molecule has 5 aliphatic carbocycles. The van der Waals surface area contributed by atoms with E-state index in [4.69, 9.17) is 14.2 Å². The van der Waals surface area contributed by atoms with Crippen LogP contribution >= 0.6 is 0 Å². The SMILES string of the molecule is CC(C)[C@@H](OC(=O)N1CCC1)C1C[C@@H](C)[C@H]2C(O1)[C@H](O)[C@@]1(C)C3CC[C@H]4C(C)(C)C(OC(=O)N5CC(C(=O)O)C5)CC[C@@]45C[C@@]35CC[C@]21C. The average molecular weight is 685 g/mol. The molecule has 274 valence electrons. The molecule has 2 amide bonds. The molecule has 0 aromatic heterocycles. The molecule has 49 heavy (non-hydrogen) atoms. The molecule has 2 N–H and O–H groups in total. The summed E-state index contributed by atoms with van der Waals surface area (Å²) in [4.78, 5) is 40.6. The molecule has 0 aromatic carbocycles. The molecule has 5 saturated carbocycles. The second kappa shape index (κ2) is 11.0. The normalized spacial score (nSPS) is 48.4. The molecule has 8 fully saturated rings. The van der Waals surface area contributed by atoms with Crippen molar-refractivity contribution in [2.24, 2.45) is 62.6 Å². The van der Waals surface area contributed by atoms with E-state index in [2.05, 4.69) is 48.5 Å². The minimum atomic E-state index is -0.854. The first-order valence-electron chi connectivity index (χ1n) is 19.5. The molecular weight excluding hydrogens is 624 g/mol. The van der Waals surface area contributed by atoms with Crippen molar-refractivity contribution in [3.63, 3.8) is 0 Å². The fraction of sp³-hybridized carbons (Fsp3) is 0.923. The van der Waals surface area contributed by atoms with Gasteiger partial charge in [0.1, 0.15) is 12.2 Å². The zero-order chi connectivity index (χ0) is 35.1. The van der Waals surface area contributed by atoms with Gasteiger partial charge in [-0.25, -0.2) is 9.59 Å². The molecule has 8 aliphatic rings. The van der Waals surface area contributed by atoms with E-state index in [0.29, 0.717) is 17.8 Å². The quantitative estimate of drug-likeness (QED) is 0.351. The number of hydrogen-bond donors (Lipinski definition) is 2. The van der Waals surface area contributed by atoms with E-state index in [1.54, 1.807) is 4.90 Å². The first-order valence-corrected chi connectivity index (χ1v) is 19.5. The summed E-state index contributed by atoms with van der Waals surface area (Å²) in [5.41, 5.74) is -0.136. The molecule has 3 saturated heterocycles. The summed E-state index contributed by atoms with van der Waals surface area (Å²) in [5.74, 6) is 0.198. The Morgan fingerprint density at radius 3 is 2.20 bits per heavy atom. The second-order valence-electron chi connectivity index (χ2n) is 19.3. The smallest absolute Gasteiger partial charge is 0.410 e. The first-order chi connectivity index (χ1) is 23.0. The Morgan fingerprint density at radius 2 is 1.57 bits per heavy atom. The van der Waals surface area contributed by atoms with E-state index in [0.717, 1.165) is 58.0 Å². The minimum absolute atomic E-state index is 0.0527. The van der Waals surface area contributed by atoms with Crippen LogP contribution in [0.2, 0.25) is 0 Å². The predicted octanol–water partition coefficient (Wildman–Crippen LogP) is 6.19. The van der Waals surface area contributed by atoms with Gasteiger partial charge >= 0.3 is 18.2 Å². The second-order valence-corrected chi connectivity index (χ2v) is 19.3. The van der Waals surface area contributed by atoms with E-state index in [1.807, 2.05) is 0 Å². The molecule has 3 aliphatic heterocycles. The topological polar surface area (TPSA) is 126 Å². The van der Waals surface area contributed by atoms with E-state index >= 15 is 0 Å². The molecule has 0 radical (unpaired) electrons. The van der Waals surface area contributed by atoms with Gasteiger partial charge in [0.05, 0.1) is 24.2 Å². The molecule has 0 aromatic rings. The highest BCUT2D eigenvalue weighted by Gasteiger charge is 2.84. The van der Waals surface area contributed by atoms with Crippen molar-refractivity contribution >= 4 is 18.2 Å². The molecule has 10 heteroatoms. The maximum Gasteiger partial charge on any atom is 0.410 e.